The van der Waals surface area contributed by atoms with Crippen LogP contribution >= 0.6 is 0 Å². The first-order chi connectivity index (χ1) is 18.0. The number of nitrogens with zero attached hydrogens (tertiary/aromatic N) is 2. The van der Waals surface area contributed by atoms with E-state index in [1.54, 1.807) is 12.1 Å². The summed E-state index contributed by atoms with van der Waals surface area (Å²) in [6, 6.07) is 14.2. The van der Waals surface area contributed by atoms with Gasteiger partial charge >= 0.3 is 0 Å². The summed E-state index contributed by atoms with van der Waals surface area (Å²) in [5.74, 6) is 0.460. The second-order valence-corrected chi connectivity index (χ2v) is 10.9. The van der Waals surface area contributed by atoms with E-state index >= 15 is 0 Å². The molecular formula is C31H39FN2O3. The predicted octanol–water partition coefficient (Wildman–Crippen LogP) is 6.11. The quantitative estimate of drug-likeness (QED) is 0.505. The lowest BCUT2D eigenvalue weighted by atomic mass is 9.76. The van der Waals surface area contributed by atoms with Crippen LogP contribution in [0.25, 0.3) is 0 Å². The highest BCUT2D eigenvalue weighted by molar-refractivity contribution is 5.97. The summed E-state index contributed by atoms with van der Waals surface area (Å²) in [5, 5.41) is 0. The Labute approximate surface area is 220 Å². The van der Waals surface area contributed by atoms with E-state index in [9.17, 15) is 14.0 Å². The first-order valence-corrected chi connectivity index (χ1v) is 14.2. The topological polar surface area (TPSA) is 49.9 Å². The number of ether oxygens (including phenoxy) is 1. The van der Waals surface area contributed by atoms with Gasteiger partial charge in [0.2, 0.25) is 5.91 Å². The van der Waals surface area contributed by atoms with E-state index in [-0.39, 0.29) is 29.8 Å². The van der Waals surface area contributed by atoms with E-state index in [1.807, 2.05) is 42.2 Å². The average molecular weight is 507 g/mol. The molecule has 6 heteroatoms. The zero-order valence-electron chi connectivity index (χ0n) is 22.0. The van der Waals surface area contributed by atoms with Gasteiger partial charge in [0.25, 0.3) is 5.91 Å². The highest BCUT2D eigenvalue weighted by Gasteiger charge is 2.48. The third-order valence-electron chi connectivity index (χ3n) is 8.71. The number of hydrogen-bond acceptors (Lipinski definition) is 3. The van der Waals surface area contributed by atoms with Gasteiger partial charge < -0.3 is 14.5 Å². The molecule has 0 aromatic heterocycles. The molecule has 2 aromatic rings. The monoisotopic (exact) mass is 506 g/mol. The second-order valence-electron chi connectivity index (χ2n) is 10.9. The molecule has 2 fully saturated rings. The van der Waals surface area contributed by atoms with E-state index in [0.717, 1.165) is 69.8 Å². The Hall–Kier alpha value is -2.89. The molecule has 0 unspecified atom stereocenters. The Morgan fingerprint density at radius 2 is 1.73 bits per heavy atom. The van der Waals surface area contributed by atoms with Gasteiger partial charge in [0.15, 0.2) is 0 Å². The minimum Gasteiger partial charge on any atom is -0.487 e. The van der Waals surface area contributed by atoms with Gasteiger partial charge in [-0.05, 0) is 81.7 Å². The molecule has 37 heavy (non-hydrogen) atoms. The van der Waals surface area contributed by atoms with Crippen molar-refractivity contribution in [2.24, 2.45) is 0 Å². The van der Waals surface area contributed by atoms with Gasteiger partial charge in [-0.15, -0.1) is 0 Å². The number of fused-ring (bicyclic) bond motifs is 2. The summed E-state index contributed by atoms with van der Waals surface area (Å²) in [4.78, 5) is 31.9. The van der Waals surface area contributed by atoms with Crippen molar-refractivity contribution in [2.75, 3.05) is 19.6 Å². The van der Waals surface area contributed by atoms with Crippen LogP contribution in [0.2, 0.25) is 0 Å². The maximum atomic E-state index is 14.6. The average Bonchev–Trinajstić information content (AvgIpc) is 3.42. The van der Waals surface area contributed by atoms with Crippen molar-refractivity contribution in [1.82, 2.24) is 9.80 Å². The van der Waals surface area contributed by atoms with Crippen LogP contribution in [0.1, 0.15) is 87.1 Å². The lowest BCUT2D eigenvalue weighted by Crippen LogP contribution is -2.56. The SMILES string of the molecule is CCN1CCCCN(C(=O)C2(c3cccc(F)c3)CCCC2)[C@@H]2CCCC[C@@H]2Oc2ccccc2C1=O. The molecule has 2 aromatic carbocycles. The van der Waals surface area contributed by atoms with Crippen LogP contribution < -0.4 is 4.74 Å². The maximum Gasteiger partial charge on any atom is 0.257 e. The zero-order valence-corrected chi connectivity index (χ0v) is 22.0. The Balaban J connectivity index is 1.53. The van der Waals surface area contributed by atoms with Gasteiger partial charge in [-0.1, -0.05) is 43.5 Å². The molecule has 2 atom stereocenters. The van der Waals surface area contributed by atoms with E-state index in [0.29, 0.717) is 30.9 Å². The van der Waals surface area contributed by atoms with Crippen molar-refractivity contribution in [2.45, 2.75) is 88.7 Å². The minimum atomic E-state index is -0.676. The first-order valence-electron chi connectivity index (χ1n) is 14.2. The summed E-state index contributed by atoms with van der Waals surface area (Å²) in [6.07, 6.45) is 8.75. The molecule has 3 aliphatic rings. The first kappa shape index (κ1) is 25.7. The Morgan fingerprint density at radius 1 is 0.973 bits per heavy atom. The molecule has 198 valence electrons. The molecule has 0 bridgehead atoms. The van der Waals surface area contributed by atoms with E-state index in [2.05, 4.69) is 4.90 Å². The predicted molar refractivity (Wildman–Crippen MR) is 142 cm³/mol. The second kappa shape index (κ2) is 11.2. The molecule has 1 heterocycles. The number of carbonyl (C=O) groups excluding carboxylic acids is 2. The van der Waals surface area contributed by atoms with Crippen molar-refractivity contribution in [3.63, 3.8) is 0 Å². The maximum absolute atomic E-state index is 14.6. The summed E-state index contributed by atoms with van der Waals surface area (Å²) in [6.45, 7) is 3.91. The van der Waals surface area contributed by atoms with E-state index in [1.165, 1.54) is 6.07 Å². The summed E-state index contributed by atoms with van der Waals surface area (Å²) in [7, 11) is 0. The molecular weight excluding hydrogens is 467 g/mol. The van der Waals surface area contributed by atoms with Crippen molar-refractivity contribution in [1.29, 1.82) is 0 Å². The smallest absolute Gasteiger partial charge is 0.257 e. The third kappa shape index (κ3) is 5.12. The fourth-order valence-corrected chi connectivity index (χ4v) is 6.72. The van der Waals surface area contributed by atoms with Gasteiger partial charge in [0.1, 0.15) is 17.7 Å². The number of rotatable bonds is 3. The number of amides is 2. The van der Waals surface area contributed by atoms with Crippen LogP contribution in [-0.2, 0) is 10.2 Å². The van der Waals surface area contributed by atoms with Gasteiger partial charge in [-0.2, -0.15) is 0 Å². The fraction of sp³-hybridized carbons (Fsp3) is 0.548. The fourth-order valence-electron chi connectivity index (χ4n) is 6.72. The van der Waals surface area contributed by atoms with Gasteiger partial charge in [0, 0.05) is 19.6 Å². The third-order valence-corrected chi connectivity index (χ3v) is 8.71. The highest BCUT2D eigenvalue weighted by Crippen LogP contribution is 2.44. The van der Waals surface area contributed by atoms with E-state index < -0.39 is 5.41 Å². The molecule has 5 rings (SSSR count). The van der Waals surface area contributed by atoms with Crippen molar-refractivity contribution >= 4 is 11.8 Å². The van der Waals surface area contributed by atoms with Crippen molar-refractivity contribution in [3.05, 3.63) is 65.5 Å². The van der Waals surface area contributed by atoms with Crippen LogP contribution in [0.4, 0.5) is 4.39 Å². The highest BCUT2D eigenvalue weighted by atomic mass is 19.1. The van der Waals surface area contributed by atoms with Crippen LogP contribution in [0.15, 0.2) is 48.5 Å². The lowest BCUT2D eigenvalue weighted by Gasteiger charge is -2.44. The van der Waals surface area contributed by atoms with Gasteiger partial charge in [-0.25, -0.2) is 4.39 Å². The molecule has 5 nitrogen and oxygen atoms in total. The summed E-state index contributed by atoms with van der Waals surface area (Å²) >= 11 is 0. The van der Waals surface area contributed by atoms with Crippen molar-refractivity contribution < 1.29 is 18.7 Å². The molecule has 0 N–H and O–H groups in total. The number of hydrogen-bond donors (Lipinski definition) is 0. The van der Waals surface area contributed by atoms with Crippen LogP contribution in [0.3, 0.4) is 0 Å². The van der Waals surface area contributed by atoms with Crippen LogP contribution in [-0.4, -0.2) is 53.4 Å². The van der Waals surface area contributed by atoms with Crippen molar-refractivity contribution in [3.8, 4) is 5.75 Å². The van der Waals surface area contributed by atoms with Crippen LogP contribution in [0.5, 0.6) is 5.75 Å². The normalized spacial score (nSPS) is 24.3. The molecule has 0 saturated heterocycles. The molecule has 0 spiro atoms. The molecule has 0 radical (unpaired) electrons. The Morgan fingerprint density at radius 3 is 2.51 bits per heavy atom. The molecule has 2 saturated carbocycles. The number of halogens is 1. The molecule has 2 aliphatic carbocycles. The van der Waals surface area contributed by atoms with Gasteiger partial charge in [0.05, 0.1) is 17.0 Å². The minimum absolute atomic E-state index is 0.00924. The van der Waals surface area contributed by atoms with Gasteiger partial charge in [-0.3, -0.25) is 9.59 Å². The zero-order chi connectivity index (χ0) is 25.8. The standard InChI is InChI=1S/C31H39FN2O3/c1-2-33-20-9-10-21-34(30(36)31(18-7-8-19-31)23-12-11-13-24(32)22-23)26-15-4-6-17-28(26)37-27-16-5-3-14-25(27)29(33)35/h3,5,11-14,16,22,26,28H,2,4,6-10,15,17-21H2,1H3/t26-,28+/m1/s1. The summed E-state index contributed by atoms with van der Waals surface area (Å²) < 4.78 is 21.0. The summed E-state index contributed by atoms with van der Waals surface area (Å²) in [5.41, 5.74) is 0.728. The lowest BCUT2D eigenvalue weighted by molar-refractivity contribution is -0.143. The largest absolute Gasteiger partial charge is 0.487 e. The number of benzene rings is 2. The Bertz CT molecular complexity index is 1110. The number of para-hydroxylation sites is 1. The van der Waals surface area contributed by atoms with Crippen LogP contribution in [0, 0.1) is 5.82 Å². The van der Waals surface area contributed by atoms with E-state index in [4.69, 9.17) is 4.74 Å². The molecule has 2 amide bonds. The molecule has 1 aliphatic heterocycles. The number of carbonyl (C=O) groups is 2. The Kier molecular flexibility index (Phi) is 7.82.